The molecule has 11 heteroatoms. The Balaban J connectivity index is 1.71. The number of aromatic nitrogens is 1. The number of hydrogen-bond acceptors (Lipinski definition) is 6. The van der Waals surface area contributed by atoms with E-state index in [0.717, 1.165) is 11.6 Å². The molecule has 2 aliphatic heterocycles. The predicted octanol–water partition coefficient (Wildman–Crippen LogP) is 2.90. The number of aryl methyl sites for hydroxylation is 1. The van der Waals surface area contributed by atoms with Crippen molar-refractivity contribution >= 4 is 17.6 Å². The fourth-order valence-electron chi connectivity index (χ4n) is 3.83. The lowest BCUT2D eigenvalue weighted by Gasteiger charge is -2.36. The number of anilines is 1. The van der Waals surface area contributed by atoms with Crippen LogP contribution < -0.4 is 11.1 Å². The lowest BCUT2D eigenvalue weighted by Crippen LogP contribution is -2.48. The van der Waals surface area contributed by atoms with Gasteiger partial charge in [0.2, 0.25) is 0 Å². The third kappa shape index (κ3) is 3.80. The van der Waals surface area contributed by atoms with Crippen LogP contribution in [0.5, 0.6) is 0 Å². The van der Waals surface area contributed by atoms with E-state index in [9.17, 15) is 22.4 Å². The van der Waals surface area contributed by atoms with E-state index in [0.29, 0.717) is 0 Å². The number of ether oxygens (including phenoxy) is 2. The molecule has 1 fully saturated rings. The van der Waals surface area contributed by atoms with Gasteiger partial charge in [-0.25, -0.2) is 9.38 Å². The minimum absolute atomic E-state index is 0.127. The molecule has 1 aromatic carbocycles. The first-order chi connectivity index (χ1) is 14.6. The van der Waals surface area contributed by atoms with Gasteiger partial charge in [-0.05, 0) is 36.8 Å². The number of hydrogen-bond donors (Lipinski definition) is 2. The van der Waals surface area contributed by atoms with Crippen LogP contribution in [-0.4, -0.2) is 42.4 Å². The molecule has 0 spiro atoms. The van der Waals surface area contributed by atoms with Gasteiger partial charge in [0, 0.05) is 17.4 Å². The maximum absolute atomic E-state index is 14.8. The van der Waals surface area contributed by atoms with Gasteiger partial charge in [-0.3, -0.25) is 9.78 Å². The second-order valence-corrected chi connectivity index (χ2v) is 7.43. The minimum atomic E-state index is -4.70. The quantitative estimate of drug-likeness (QED) is 0.718. The Kier molecular flexibility index (Phi) is 5.08. The molecule has 0 aliphatic carbocycles. The van der Waals surface area contributed by atoms with Crippen molar-refractivity contribution in [1.82, 2.24) is 4.98 Å². The molecule has 31 heavy (non-hydrogen) atoms. The summed E-state index contributed by atoms with van der Waals surface area (Å²) in [6.07, 6.45) is -5.38. The number of carbonyl (C=O) groups excluding carboxylic acids is 1. The maximum atomic E-state index is 14.8. The highest BCUT2D eigenvalue weighted by Crippen LogP contribution is 2.50. The van der Waals surface area contributed by atoms with Crippen molar-refractivity contribution in [3.8, 4) is 0 Å². The molecule has 0 saturated carbocycles. The Morgan fingerprint density at radius 1 is 1.29 bits per heavy atom. The number of pyridine rings is 1. The third-order valence-corrected chi connectivity index (χ3v) is 5.34. The summed E-state index contributed by atoms with van der Waals surface area (Å²) >= 11 is 0. The van der Waals surface area contributed by atoms with Crippen molar-refractivity contribution in [3.05, 3.63) is 59.2 Å². The molecule has 7 nitrogen and oxygen atoms in total. The SMILES string of the molecule is Cc1ccc(C(=O)Nc2ccc(F)c(C34CO[C@H](C(F)(F)F)[C@H]3COC(N)=N4)c2)nc1. The number of amidine groups is 1. The molecule has 2 aliphatic rings. The van der Waals surface area contributed by atoms with E-state index in [1.807, 2.05) is 6.92 Å². The number of halogens is 4. The molecule has 4 rings (SSSR count). The molecular formula is C20H18F4N4O3. The van der Waals surface area contributed by atoms with Gasteiger partial charge >= 0.3 is 6.18 Å². The summed E-state index contributed by atoms with van der Waals surface area (Å²) in [5.74, 6) is -2.71. The number of nitrogens with zero attached hydrogens (tertiary/aromatic N) is 2. The van der Waals surface area contributed by atoms with E-state index >= 15 is 0 Å². The van der Waals surface area contributed by atoms with Gasteiger partial charge in [-0.15, -0.1) is 0 Å². The number of fused-ring (bicyclic) bond motifs is 1. The highest BCUT2D eigenvalue weighted by atomic mass is 19.4. The van der Waals surface area contributed by atoms with Crippen molar-refractivity contribution in [2.75, 3.05) is 18.5 Å². The molecule has 2 aromatic rings. The third-order valence-electron chi connectivity index (χ3n) is 5.34. The van der Waals surface area contributed by atoms with Crippen molar-refractivity contribution in [2.24, 2.45) is 16.6 Å². The Morgan fingerprint density at radius 3 is 2.74 bits per heavy atom. The van der Waals surface area contributed by atoms with Crippen LogP contribution in [0.25, 0.3) is 0 Å². The summed E-state index contributed by atoms with van der Waals surface area (Å²) in [7, 11) is 0. The molecule has 1 aromatic heterocycles. The van der Waals surface area contributed by atoms with Gasteiger partial charge in [-0.1, -0.05) is 6.07 Å². The number of carbonyl (C=O) groups is 1. The second-order valence-electron chi connectivity index (χ2n) is 7.43. The zero-order chi connectivity index (χ0) is 22.4. The van der Waals surface area contributed by atoms with Crippen molar-refractivity contribution in [1.29, 1.82) is 0 Å². The normalized spacial score (nSPS) is 25.4. The lowest BCUT2D eigenvalue weighted by molar-refractivity contribution is -0.219. The number of nitrogens with one attached hydrogen (secondary N) is 1. The molecule has 1 saturated heterocycles. The molecule has 1 unspecified atom stereocenters. The van der Waals surface area contributed by atoms with Crippen molar-refractivity contribution in [3.63, 3.8) is 0 Å². The minimum Gasteiger partial charge on any atom is -0.465 e. The summed E-state index contributed by atoms with van der Waals surface area (Å²) in [5.41, 5.74) is 4.85. The van der Waals surface area contributed by atoms with Crippen LogP contribution >= 0.6 is 0 Å². The van der Waals surface area contributed by atoms with E-state index in [4.69, 9.17) is 15.2 Å². The van der Waals surface area contributed by atoms with E-state index in [1.165, 1.54) is 24.4 Å². The summed E-state index contributed by atoms with van der Waals surface area (Å²) in [4.78, 5) is 20.5. The van der Waals surface area contributed by atoms with Gasteiger partial charge in [0.15, 0.2) is 6.10 Å². The van der Waals surface area contributed by atoms with Gasteiger partial charge in [0.05, 0.1) is 19.1 Å². The summed E-state index contributed by atoms with van der Waals surface area (Å²) in [6, 6.07) is 6.43. The van der Waals surface area contributed by atoms with Crippen LogP contribution in [0.4, 0.5) is 23.2 Å². The molecule has 3 heterocycles. The molecule has 3 atom stereocenters. The fraction of sp³-hybridized carbons (Fsp3) is 0.350. The first-order valence-corrected chi connectivity index (χ1v) is 9.30. The van der Waals surface area contributed by atoms with Gasteiger partial charge < -0.3 is 20.5 Å². The number of benzene rings is 1. The van der Waals surface area contributed by atoms with Gasteiger partial charge in [-0.2, -0.15) is 13.2 Å². The zero-order valence-corrected chi connectivity index (χ0v) is 16.2. The highest BCUT2D eigenvalue weighted by Gasteiger charge is 2.62. The van der Waals surface area contributed by atoms with Crippen LogP contribution in [0.15, 0.2) is 41.5 Å². The van der Waals surface area contributed by atoms with Crippen molar-refractivity contribution in [2.45, 2.75) is 24.7 Å². The predicted molar refractivity (Wildman–Crippen MR) is 102 cm³/mol. The summed E-state index contributed by atoms with van der Waals surface area (Å²) < 4.78 is 65.2. The van der Waals surface area contributed by atoms with E-state index < -0.39 is 48.7 Å². The number of aliphatic imine (C=N–C) groups is 1. The van der Waals surface area contributed by atoms with E-state index in [1.54, 1.807) is 6.07 Å². The number of amides is 1. The van der Waals surface area contributed by atoms with Crippen LogP contribution in [0.2, 0.25) is 0 Å². The Labute approximate surface area is 174 Å². The first kappa shape index (κ1) is 21.0. The summed E-state index contributed by atoms with van der Waals surface area (Å²) in [5, 5.41) is 2.57. The zero-order valence-electron chi connectivity index (χ0n) is 16.2. The first-order valence-electron chi connectivity index (χ1n) is 9.30. The molecule has 3 N–H and O–H groups in total. The molecule has 164 valence electrons. The maximum Gasteiger partial charge on any atom is 0.415 e. The number of rotatable bonds is 3. The summed E-state index contributed by atoms with van der Waals surface area (Å²) in [6.45, 7) is 0.831. The Morgan fingerprint density at radius 2 is 2.06 bits per heavy atom. The van der Waals surface area contributed by atoms with Gasteiger partial charge in [0.1, 0.15) is 17.1 Å². The topological polar surface area (TPSA) is 98.8 Å². The lowest BCUT2D eigenvalue weighted by atomic mass is 9.77. The van der Waals surface area contributed by atoms with Crippen molar-refractivity contribution < 1.29 is 31.8 Å². The molecular weight excluding hydrogens is 420 g/mol. The fourth-order valence-corrected chi connectivity index (χ4v) is 3.83. The standard InChI is InChI=1S/C20H18F4N4O3/c1-10-2-5-15(26-7-10)17(29)27-11-3-4-14(21)12(6-11)19-9-31-16(20(22,23)24)13(19)8-30-18(25)28-19/h2-7,13,16H,8-9H2,1H3,(H2,25,28)(H,27,29)/t13-,16+,19?/m1/s1. The van der Waals surface area contributed by atoms with Gasteiger partial charge in [0.25, 0.3) is 11.9 Å². The van der Waals surface area contributed by atoms with E-state index in [2.05, 4.69) is 15.3 Å². The molecule has 1 amide bonds. The number of nitrogens with two attached hydrogens (primary N) is 1. The van der Waals surface area contributed by atoms with E-state index in [-0.39, 0.29) is 23.0 Å². The second kappa shape index (κ2) is 7.49. The smallest absolute Gasteiger partial charge is 0.415 e. The average Bonchev–Trinajstić information content (AvgIpc) is 3.09. The number of alkyl halides is 3. The van der Waals surface area contributed by atoms with Crippen LogP contribution in [0.3, 0.4) is 0 Å². The Hall–Kier alpha value is -3.21. The largest absolute Gasteiger partial charge is 0.465 e. The Bertz CT molecular complexity index is 1040. The van der Waals surface area contributed by atoms with Crippen LogP contribution in [0.1, 0.15) is 21.6 Å². The van der Waals surface area contributed by atoms with Crippen LogP contribution in [0, 0.1) is 18.7 Å². The highest BCUT2D eigenvalue weighted by molar-refractivity contribution is 6.02. The average molecular weight is 438 g/mol. The molecule has 0 bridgehead atoms. The monoisotopic (exact) mass is 438 g/mol. The molecule has 0 radical (unpaired) electrons. The van der Waals surface area contributed by atoms with Crippen LogP contribution in [-0.2, 0) is 15.0 Å².